The number of rotatable bonds is 5. The SMILES string of the molecule is C1C[N+]2(CCO1)COC(CSSCC1C[N+]3(CCOCC3)CO1)C2. The number of morpholine rings is 2. The van der Waals surface area contributed by atoms with E-state index in [9.17, 15) is 0 Å². The van der Waals surface area contributed by atoms with Gasteiger partial charge >= 0.3 is 0 Å². The molecule has 0 aromatic heterocycles. The van der Waals surface area contributed by atoms with Gasteiger partial charge in [-0.2, -0.15) is 0 Å². The molecule has 2 spiro atoms. The van der Waals surface area contributed by atoms with Gasteiger partial charge in [0.1, 0.15) is 51.5 Å². The van der Waals surface area contributed by atoms with Crippen LogP contribution in [-0.2, 0) is 18.9 Å². The van der Waals surface area contributed by atoms with Gasteiger partial charge in [-0.05, 0) is 0 Å². The minimum atomic E-state index is 0.405. The first-order chi connectivity index (χ1) is 11.8. The lowest BCUT2D eigenvalue weighted by Crippen LogP contribution is -2.53. The molecule has 4 saturated heterocycles. The fraction of sp³-hybridized carbons (Fsp3) is 1.00. The molecular formula is C16H30N2O4S2+2. The van der Waals surface area contributed by atoms with E-state index in [2.05, 4.69) is 0 Å². The van der Waals surface area contributed by atoms with Crippen LogP contribution < -0.4 is 0 Å². The average molecular weight is 379 g/mol. The van der Waals surface area contributed by atoms with Crippen molar-refractivity contribution in [1.29, 1.82) is 0 Å². The predicted octanol–water partition coefficient (Wildman–Crippen LogP) is 0.774. The van der Waals surface area contributed by atoms with Crippen molar-refractivity contribution in [3.8, 4) is 0 Å². The third-order valence-electron chi connectivity index (χ3n) is 5.78. The molecule has 8 heteroatoms. The number of hydrogen-bond donors (Lipinski definition) is 0. The van der Waals surface area contributed by atoms with Crippen molar-refractivity contribution in [2.24, 2.45) is 0 Å². The zero-order chi connectivity index (χ0) is 16.3. The largest absolute Gasteiger partial charge is 0.370 e. The summed E-state index contributed by atoms with van der Waals surface area (Å²) in [6.07, 6.45) is 0.811. The van der Waals surface area contributed by atoms with E-state index in [1.54, 1.807) is 0 Å². The van der Waals surface area contributed by atoms with Gasteiger partial charge in [-0.15, -0.1) is 0 Å². The molecule has 0 saturated carbocycles. The number of hydrogen-bond acceptors (Lipinski definition) is 6. The molecule has 6 nitrogen and oxygen atoms in total. The van der Waals surface area contributed by atoms with Gasteiger partial charge < -0.3 is 18.9 Å². The maximum absolute atomic E-state index is 6.04. The van der Waals surface area contributed by atoms with E-state index >= 15 is 0 Å². The standard InChI is InChI=1S/C16H30N2O4S2/c1-5-19-6-2-17(1)9-15(21-13-17)11-23-24-12-16-10-18(14-22-16)3-7-20-8-4-18/h15-16H,1-14H2/q+2. The Balaban J connectivity index is 1.12. The van der Waals surface area contributed by atoms with Crippen LogP contribution in [0.5, 0.6) is 0 Å². The monoisotopic (exact) mass is 378 g/mol. The van der Waals surface area contributed by atoms with Crippen LogP contribution in [0, 0.1) is 0 Å². The number of ether oxygens (including phenoxy) is 4. The second kappa shape index (κ2) is 8.00. The summed E-state index contributed by atoms with van der Waals surface area (Å²) in [6, 6.07) is 0. The quantitative estimate of drug-likeness (QED) is 0.400. The van der Waals surface area contributed by atoms with Crippen molar-refractivity contribution in [1.82, 2.24) is 0 Å². The van der Waals surface area contributed by atoms with Crippen LogP contribution in [0.4, 0.5) is 0 Å². The summed E-state index contributed by atoms with van der Waals surface area (Å²) >= 11 is 0. The second-order valence-corrected chi connectivity index (χ2v) is 10.1. The Bertz CT molecular complexity index is 379. The molecule has 0 N–H and O–H groups in total. The summed E-state index contributed by atoms with van der Waals surface area (Å²) in [5.74, 6) is 2.18. The van der Waals surface area contributed by atoms with E-state index in [1.807, 2.05) is 21.6 Å². The highest BCUT2D eigenvalue weighted by molar-refractivity contribution is 8.76. The van der Waals surface area contributed by atoms with E-state index in [1.165, 1.54) is 0 Å². The topological polar surface area (TPSA) is 36.9 Å². The number of quaternary nitrogens is 2. The van der Waals surface area contributed by atoms with E-state index in [-0.39, 0.29) is 0 Å². The second-order valence-electron chi connectivity index (χ2n) is 7.57. The molecule has 4 aliphatic rings. The predicted molar refractivity (Wildman–Crippen MR) is 95.8 cm³/mol. The van der Waals surface area contributed by atoms with Gasteiger partial charge in [0, 0.05) is 11.5 Å². The highest BCUT2D eigenvalue weighted by Gasteiger charge is 2.41. The molecule has 4 aliphatic heterocycles. The van der Waals surface area contributed by atoms with Gasteiger partial charge in [-0.1, -0.05) is 21.6 Å². The lowest BCUT2D eigenvalue weighted by atomic mass is 10.3. The fourth-order valence-electron chi connectivity index (χ4n) is 4.14. The van der Waals surface area contributed by atoms with E-state index in [0.29, 0.717) is 12.2 Å². The first-order valence-electron chi connectivity index (χ1n) is 9.11. The molecule has 0 aromatic carbocycles. The molecule has 2 atom stereocenters. The van der Waals surface area contributed by atoms with Crippen molar-refractivity contribution < 1.29 is 27.9 Å². The first kappa shape index (κ1) is 17.9. The summed E-state index contributed by atoms with van der Waals surface area (Å²) in [4.78, 5) is 0. The maximum atomic E-state index is 6.04. The summed E-state index contributed by atoms with van der Waals surface area (Å²) in [5.41, 5.74) is 0. The van der Waals surface area contributed by atoms with Crippen molar-refractivity contribution >= 4 is 21.6 Å². The van der Waals surface area contributed by atoms with Crippen LogP contribution in [0.15, 0.2) is 0 Å². The summed E-state index contributed by atoms with van der Waals surface area (Å²) in [7, 11) is 3.92. The fourth-order valence-corrected chi connectivity index (χ4v) is 6.52. The van der Waals surface area contributed by atoms with E-state index in [4.69, 9.17) is 18.9 Å². The minimum Gasteiger partial charge on any atom is -0.370 e. The Kier molecular flexibility index (Phi) is 5.95. The Labute approximate surface area is 152 Å². The molecule has 24 heavy (non-hydrogen) atoms. The van der Waals surface area contributed by atoms with Gasteiger partial charge in [-0.25, -0.2) is 0 Å². The van der Waals surface area contributed by atoms with Crippen molar-refractivity contribution in [3.63, 3.8) is 0 Å². The molecule has 4 rings (SSSR count). The Morgan fingerprint density at radius 1 is 0.667 bits per heavy atom. The zero-order valence-electron chi connectivity index (χ0n) is 14.4. The van der Waals surface area contributed by atoms with E-state index < -0.39 is 0 Å². The molecule has 4 fully saturated rings. The molecule has 4 heterocycles. The zero-order valence-corrected chi connectivity index (χ0v) is 16.0. The summed E-state index contributed by atoms with van der Waals surface area (Å²) in [5, 5.41) is 0. The van der Waals surface area contributed by atoms with Crippen LogP contribution in [0.2, 0.25) is 0 Å². The lowest BCUT2D eigenvalue weighted by molar-refractivity contribution is -0.932. The minimum absolute atomic E-state index is 0.405. The lowest BCUT2D eigenvalue weighted by Gasteiger charge is -2.35. The molecule has 0 aliphatic carbocycles. The Morgan fingerprint density at radius 3 is 1.50 bits per heavy atom. The van der Waals surface area contributed by atoms with Gasteiger partial charge in [0.05, 0.1) is 26.4 Å². The molecule has 2 unspecified atom stereocenters. The number of nitrogens with zero attached hydrogens (tertiary/aromatic N) is 2. The van der Waals surface area contributed by atoms with Crippen molar-refractivity contribution in [2.75, 3.05) is 90.7 Å². The van der Waals surface area contributed by atoms with Gasteiger partial charge in [-0.3, -0.25) is 8.97 Å². The highest BCUT2D eigenvalue weighted by Crippen LogP contribution is 2.31. The van der Waals surface area contributed by atoms with Crippen LogP contribution in [0.25, 0.3) is 0 Å². The summed E-state index contributed by atoms with van der Waals surface area (Å²) in [6.45, 7) is 12.1. The third-order valence-corrected chi connectivity index (χ3v) is 8.28. The Hall–Kier alpha value is 0.460. The normalized spacial score (nSPS) is 35.0. The molecule has 0 bridgehead atoms. The van der Waals surface area contributed by atoms with Gasteiger partial charge in [0.25, 0.3) is 0 Å². The van der Waals surface area contributed by atoms with E-state index in [0.717, 1.165) is 99.6 Å². The van der Waals surface area contributed by atoms with Crippen LogP contribution in [-0.4, -0.2) is 112 Å². The van der Waals surface area contributed by atoms with Crippen molar-refractivity contribution in [3.05, 3.63) is 0 Å². The average Bonchev–Trinajstić information content (AvgIpc) is 3.18. The van der Waals surface area contributed by atoms with Gasteiger partial charge in [0.2, 0.25) is 0 Å². The highest BCUT2D eigenvalue weighted by atomic mass is 33.1. The van der Waals surface area contributed by atoms with Crippen LogP contribution in [0.1, 0.15) is 0 Å². The molecule has 0 radical (unpaired) electrons. The molecular weight excluding hydrogens is 348 g/mol. The molecule has 0 amide bonds. The smallest absolute Gasteiger partial charge is 0.184 e. The molecule has 0 aromatic rings. The van der Waals surface area contributed by atoms with Gasteiger partial charge in [0.15, 0.2) is 13.5 Å². The van der Waals surface area contributed by atoms with Crippen LogP contribution in [0.3, 0.4) is 0 Å². The third kappa shape index (κ3) is 4.23. The molecule has 138 valence electrons. The van der Waals surface area contributed by atoms with Crippen LogP contribution >= 0.6 is 21.6 Å². The Morgan fingerprint density at radius 2 is 1.08 bits per heavy atom. The maximum Gasteiger partial charge on any atom is 0.184 e. The van der Waals surface area contributed by atoms with Crippen molar-refractivity contribution in [2.45, 2.75) is 12.2 Å². The first-order valence-corrected chi connectivity index (χ1v) is 11.6. The summed E-state index contributed by atoms with van der Waals surface area (Å²) < 4.78 is 25.3.